The molecule has 0 N–H and O–H groups in total. The number of benzene rings is 2. The van der Waals surface area contributed by atoms with Crippen LogP contribution >= 0.6 is 7.80 Å². The number of hydrogen-bond acceptors (Lipinski definition) is 4. The van der Waals surface area contributed by atoms with E-state index >= 15 is 0 Å². The lowest BCUT2D eigenvalue weighted by atomic mass is 10.2. The third-order valence-corrected chi connectivity index (χ3v) is 4.61. The van der Waals surface area contributed by atoms with Gasteiger partial charge in [0.25, 0.3) is 0 Å². The molecule has 1 unspecified atom stereocenters. The number of rotatable bonds is 4. The number of methoxy groups -OCH3 is 1. The smallest absolute Gasteiger partial charge is 0.147 e. The lowest BCUT2D eigenvalue weighted by Gasteiger charge is -2.11. The van der Waals surface area contributed by atoms with Crippen LogP contribution in [-0.2, 0) is 11.2 Å². The van der Waals surface area contributed by atoms with Gasteiger partial charge in [-0.3, -0.25) is 0 Å². The van der Waals surface area contributed by atoms with E-state index in [1.807, 2.05) is 30.3 Å². The normalized spacial score (nSPS) is 16.4. The summed E-state index contributed by atoms with van der Waals surface area (Å²) in [6.45, 7) is 0.426. The van der Waals surface area contributed by atoms with E-state index < -0.39 is 7.80 Å². The predicted octanol–water partition coefficient (Wildman–Crippen LogP) is 2.81. The quantitative estimate of drug-likeness (QED) is 0.812. The van der Waals surface area contributed by atoms with Crippen LogP contribution in [0.2, 0.25) is 0 Å². The van der Waals surface area contributed by atoms with Gasteiger partial charge in [-0.15, -0.1) is 0 Å². The van der Waals surface area contributed by atoms with Gasteiger partial charge < -0.3 is 18.8 Å². The van der Waals surface area contributed by atoms with Gasteiger partial charge >= 0.3 is 0 Å². The molecule has 1 atom stereocenters. The fourth-order valence-corrected chi connectivity index (χ4v) is 3.41. The van der Waals surface area contributed by atoms with Gasteiger partial charge in [-0.25, -0.2) is 0 Å². The van der Waals surface area contributed by atoms with Crippen molar-refractivity contribution in [1.29, 1.82) is 0 Å². The summed E-state index contributed by atoms with van der Waals surface area (Å²) in [7, 11) is -0.340. The molecule has 0 spiro atoms. The van der Waals surface area contributed by atoms with E-state index in [0.717, 1.165) is 5.56 Å². The average molecular weight is 290 g/mol. The molecule has 0 aromatic heterocycles. The molecule has 2 aromatic rings. The monoisotopic (exact) mass is 290 g/mol. The minimum Gasteiger partial charge on any atom is -0.496 e. The van der Waals surface area contributed by atoms with E-state index in [1.54, 1.807) is 19.2 Å². The van der Waals surface area contributed by atoms with Gasteiger partial charge in [0.15, 0.2) is 0 Å². The van der Waals surface area contributed by atoms with Crippen molar-refractivity contribution in [2.24, 2.45) is 0 Å². The summed E-state index contributed by atoms with van der Waals surface area (Å²) >= 11 is 0. The lowest BCUT2D eigenvalue weighted by Crippen LogP contribution is -2.05. The maximum absolute atomic E-state index is 12.0. The Balaban J connectivity index is 1.89. The Bertz CT molecular complexity index is 640. The summed E-state index contributed by atoms with van der Waals surface area (Å²) in [5.41, 5.74) is 1.06. The fraction of sp³-hybridized carbons (Fsp3) is 0.200. The van der Waals surface area contributed by atoms with Crippen LogP contribution in [-0.4, -0.2) is 13.5 Å². The summed E-state index contributed by atoms with van der Waals surface area (Å²) in [5, 5.41) is 0.687. The molecule has 1 aliphatic heterocycles. The molecule has 0 bridgehead atoms. The Kier molecular flexibility index (Phi) is 3.66. The highest BCUT2D eigenvalue weighted by molar-refractivity contribution is 7.54. The molecule has 1 aliphatic rings. The maximum atomic E-state index is 12.0. The molecular formula is C15H15O4P. The van der Waals surface area contributed by atoms with Gasteiger partial charge in [-0.2, -0.15) is 0 Å². The Morgan fingerprint density at radius 1 is 1.25 bits per heavy atom. The zero-order valence-electron chi connectivity index (χ0n) is 11.1. The second-order valence-corrected chi connectivity index (χ2v) is 6.12. The van der Waals surface area contributed by atoms with Crippen LogP contribution in [0.3, 0.4) is 0 Å². The van der Waals surface area contributed by atoms with E-state index in [9.17, 15) is 4.57 Å². The van der Waals surface area contributed by atoms with Crippen molar-refractivity contribution < 1.29 is 18.8 Å². The van der Waals surface area contributed by atoms with Crippen LogP contribution in [0.5, 0.6) is 17.2 Å². The van der Waals surface area contributed by atoms with Crippen molar-refractivity contribution >= 4 is 13.1 Å². The summed E-state index contributed by atoms with van der Waals surface area (Å²) in [5.74, 6) is 1.84. The van der Waals surface area contributed by atoms with Crippen LogP contribution in [0.1, 0.15) is 5.56 Å². The fourth-order valence-electron chi connectivity index (χ4n) is 2.14. The lowest BCUT2D eigenvalue weighted by molar-refractivity contribution is 0.304. The van der Waals surface area contributed by atoms with Crippen molar-refractivity contribution in [3.05, 3.63) is 48.0 Å². The first kappa shape index (κ1) is 13.1. The van der Waals surface area contributed by atoms with Gasteiger partial charge in [0.05, 0.1) is 12.4 Å². The third-order valence-electron chi connectivity index (χ3n) is 3.15. The maximum Gasteiger partial charge on any atom is 0.147 e. The molecule has 0 saturated carbocycles. The van der Waals surface area contributed by atoms with Crippen molar-refractivity contribution in [3.8, 4) is 17.2 Å². The van der Waals surface area contributed by atoms with Gasteiger partial charge in [0.2, 0.25) is 0 Å². The number of hydrogen-bond donors (Lipinski definition) is 0. The summed E-state index contributed by atoms with van der Waals surface area (Å²) in [4.78, 5) is 0. The van der Waals surface area contributed by atoms with E-state index in [-0.39, 0.29) is 6.35 Å². The second kappa shape index (κ2) is 5.59. The molecule has 0 aliphatic carbocycles. The first-order chi connectivity index (χ1) is 9.78. The van der Waals surface area contributed by atoms with E-state index in [4.69, 9.17) is 14.2 Å². The van der Waals surface area contributed by atoms with E-state index in [0.29, 0.717) is 29.2 Å². The Morgan fingerprint density at radius 2 is 2.05 bits per heavy atom. The predicted molar refractivity (Wildman–Crippen MR) is 77.9 cm³/mol. The zero-order valence-corrected chi connectivity index (χ0v) is 12.1. The van der Waals surface area contributed by atoms with Crippen LogP contribution in [0.25, 0.3) is 0 Å². The second-order valence-electron chi connectivity index (χ2n) is 4.48. The SMILES string of the molecule is COc1cc(OCc2ccccc2)c2c(c1)OC[PH]2=O. The third kappa shape index (κ3) is 2.52. The Hall–Kier alpha value is -1.93. The largest absolute Gasteiger partial charge is 0.496 e. The zero-order chi connectivity index (χ0) is 13.9. The molecule has 3 rings (SSSR count). The molecule has 5 heteroatoms. The molecule has 4 nitrogen and oxygen atoms in total. The standard InChI is InChI=1S/C15H15O4P/c1-17-12-7-13(15-14(8-12)19-10-20(15)16)18-9-11-5-3-2-4-6-11/h2-8,20H,9-10H2,1H3. The molecular weight excluding hydrogens is 275 g/mol. The summed E-state index contributed by atoms with van der Waals surface area (Å²) in [6, 6.07) is 13.4. The highest BCUT2D eigenvalue weighted by atomic mass is 31.1. The van der Waals surface area contributed by atoms with Crippen molar-refractivity contribution in [3.63, 3.8) is 0 Å². The number of ether oxygens (including phenoxy) is 3. The van der Waals surface area contributed by atoms with Crippen molar-refractivity contribution in [2.75, 3.05) is 13.5 Å². The van der Waals surface area contributed by atoms with Crippen LogP contribution in [0, 0.1) is 0 Å². The molecule has 1 heterocycles. The average Bonchev–Trinajstić information content (AvgIpc) is 2.87. The van der Waals surface area contributed by atoms with E-state index in [2.05, 4.69) is 0 Å². The molecule has 104 valence electrons. The van der Waals surface area contributed by atoms with Gasteiger partial charge in [0.1, 0.15) is 38.0 Å². The summed E-state index contributed by atoms with van der Waals surface area (Å²) < 4.78 is 28.5. The topological polar surface area (TPSA) is 44.8 Å². The molecule has 0 fully saturated rings. The van der Waals surface area contributed by atoms with Gasteiger partial charge in [0, 0.05) is 12.1 Å². The molecule has 0 radical (unpaired) electrons. The molecule has 20 heavy (non-hydrogen) atoms. The molecule has 0 amide bonds. The van der Waals surface area contributed by atoms with E-state index in [1.165, 1.54) is 0 Å². The highest BCUT2D eigenvalue weighted by Gasteiger charge is 2.25. The molecule has 2 aromatic carbocycles. The minimum absolute atomic E-state index is 0.245. The first-order valence-corrected chi connectivity index (χ1v) is 7.94. The van der Waals surface area contributed by atoms with Crippen LogP contribution in [0.4, 0.5) is 0 Å². The minimum atomic E-state index is -1.92. The van der Waals surface area contributed by atoms with Crippen molar-refractivity contribution in [2.45, 2.75) is 6.61 Å². The first-order valence-electron chi connectivity index (χ1n) is 6.32. The number of fused-ring (bicyclic) bond motifs is 1. The molecule has 0 saturated heterocycles. The van der Waals surface area contributed by atoms with Crippen molar-refractivity contribution in [1.82, 2.24) is 0 Å². The summed E-state index contributed by atoms with van der Waals surface area (Å²) in [6.07, 6.45) is 0.245. The Morgan fingerprint density at radius 3 is 2.80 bits per heavy atom. The van der Waals surface area contributed by atoms with Gasteiger partial charge in [-0.1, -0.05) is 30.3 Å². The highest BCUT2D eigenvalue weighted by Crippen LogP contribution is 2.41. The van der Waals surface area contributed by atoms with Gasteiger partial charge in [-0.05, 0) is 5.56 Å². The van der Waals surface area contributed by atoms with Crippen LogP contribution < -0.4 is 19.5 Å². The van der Waals surface area contributed by atoms with Crippen LogP contribution in [0.15, 0.2) is 42.5 Å². The Labute approximate surface area is 118 Å².